The second-order valence-electron chi connectivity index (χ2n) is 34.9. The Hall–Kier alpha value is -13.1. The van der Waals surface area contributed by atoms with Gasteiger partial charge in [-0.25, -0.2) is 4.98 Å². The van der Waals surface area contributed by atoms with Gasteiger partial charge in [0, 0.05) is 99.6 Å². The number of aliphatic hydroxyl groups is 1. The van der Waals surface area contributed by atoms with Crippen LogP contribution in [0.4, 0.5) is 0 Å². The van der Waals surface area contributed by atoms with Crippen LogP contribution in [0.15, 0.2) is 96.9 Å². The highest BCUT2D eigenvalue weighted by molar-refractivity contribution is 8.00. The molecule has 43 nitrogen and oxygen atoms in total. The van der Waals surface area contributed by atoms with Gasteiger partial charge in [-0.05, 0) is 135 Å². The molecule has 6 aromatic rings. The van der Waals surface area contributed by atoms with Crippen molar-refractivity contribution in [1.82, 2.24) is 92.6 Å². The number of fused-ring (bicyclic) bond motifs is 5. The minimum atomic E-state index is -2.02. The molecule has 4 fully saturated rings. The third-order valence-electron chi connectivity index (χ3n) is 24.8. The van der Waals surface area contributed by atoms with Gasteiger partial charge in [-0.2, -0.15) is 0 Å². The minimum absolute atomic E-state index is 0.0124. The van der Waals surface area contributed by atoms with E-state index in [2.05, 4.69) is 68.1 Å². The average Bonchev–Trinajstić information content (AvgIpc) is 1.24. The van der Waals surface area contributed by atoms with Gasteiger partial charge in [0.25, 0.3) is 0 Å². The van der Waals surface area contributed by atoms with Crippen molar-refractivity contribution in [3.05, 3.63) is 119 Å². The van der Waals surface area contributed by atoms with Crippen LogP contribution >= 0.6 is 23.1 Å². The van der Waals surface area contributed by atoms with Crippen LogP contribution in [0.1, 0.15) is 152 Å². The molecule has 0 spiro atoms. The first-order valence-corrected chi connectivity index (χ1v) is 48.2. The van der Waals surface area contributed by atoms with Gasteiger partial charge < -0.3 is 125 Å². The summed E-state index contributed by atoms with van der Waals surface area (Å²) in [6.07, 6.45) is 1.22. The van der Waals surface area contributed by atoms with E-state index < -0.39 is 241 Å². The molecule has 10 rings (SSSR count). The maximum Gasteiger partial charge on any atom is 0.305 e. The number of para-hydroxylation sites is 1. The molecule has 45 heteroatoms. The van der Waals surface area contributed by atoms with E-state index in [1.807, 2.05) is 25.1 Å². The standard InChI is InChI=1S/C92H125N21O22S2/c1-5-7-23-69-84(127)105-64(41-77(118)119)83(126)108-68(79(122)98-45-75(95)116)48-136-49-76(117)100-65(36-51-28-30-55(114)31-29-51)90(133)111-34-14-13-25-70(111)86(129)107-67(42-78(120)121)91(134)112-35-17-26-71(112)85(128)104-63(39-54-44-96-50-99-54)82(125)102-61(22-16-33-94)89(132)113-46-56(115)40-73(113)87(130)103-62(37-52-43-97-59-20-11-9-18-57(52)59)81(124)101-60(21-15-32-93)80(123)106-66(38-53-47-137-74-27-12-10-19-58(53)74)88(131)110(4)72(24-8-6-2)92(135)109(69)3/h9-12,18-20,27-31,43-44,47,50,56,60-73,97,114-115H,5-8,13-17,21-26,32-42,45-46,48-49,93-94H2,1-4H3,(H2,95,116)(H,96,99)(H,98,122)(H,100,117)(H,101,124)(H,102,125)(H,103,130)(H,104,128)(H,105,127)(H,106,123)(H,107,129)(H,108,126)(H,118,119)(H,120,121)/t56-,60+,61+,62+,63+,64+,65-,66+,67+,68+,69+,70?,71+,72+,73+/m1/s1. The summed E-state index contributed by atoms with van der Waals surface area (Å²) in [6.45, 7) is 2.05. The molecule has 0 radical (unpaired) electrons. The fraction of sp³-hybridized carbons (Fsp3) is 0.533. The normalized spacial score (nSPS) is 25.0. The Labute approximate surface area is 798 Å². The lowest BCUT2D eigenvalue weighted by molar-refractivity contribution is -0.149. The second kappa shape index (κ2) is 51.2. The summed E-state index contributed by atoms with van der Waals surface area (Å²) in [5.74, 6) is -19.9. The molecular formula is C92H125N21O22S2. The smallest absolute Gasteiger partial charge is 0.305 e. The number of hydrogen-bond acceptors (Lipinski definition) is 25. The Morgan fingerprint density at radius 2 is 1.04 bits per heavy atom. The number of unbranched alkanes of at least 4 members (excludes halogenated alkanes) is 2. The first-order chi connectivity index (χ1) is 65.6. The molecule has 1 unspecified atom stereocenters. The number of nitrogens with one attached hydrogen (secondary N) is 12. The number of phenolic OH excluding ortho intramolecular Hbond substituents is 1. The molecule has 15 atom stereocenters. The van der Waals surface area contributed by atoms with Crippen LogP contribution in [0.2, 0.25) is 0 Å². The molecule has 3 aromatic heterocycles. The van der Waals surface area contributed by atoms with Gasteiger partial charge >= 0.3 is 11.9 Å². The van der Waals surface area contributed by atoms with E-state index in [0.717, 1.165) is 34.6 Å². The number of phenols is 1. The lowest BCUT2D eigenvalue weighted by Gasteiger charge is -2.38. The largest absolute Gasteiger partial charge is 0.508 e. The summed E-state index contributed by atoms with van der Waals surface area (Å²) < 4.78 is 0.819. The number of aromatic nitrogens is 3. The summed E-state index contributed by atoms with van der Waals surface area (Å²) in [6, 6.07) is -2.41. The Morgan fingerprint density at radius 3 is 1.69 bits per heavy atom. The van der Waals surface area contributed by atoms with Gasteiger partial charge in [0.05, 0.1) is 43.3 Å². The number of benzene rings is 3. The average molecular weight is 1940 g/mol. The predicted molar refractivity (Wildman–Crippen MR) is 502 cm³/mol. The summed E-state index contributed by atoms with van der Waals surface area (Å²) in [7, 11) is 2.64. The SMILES string of the molecule is CCCC[C@H]1C(=O)N(C)[C@@H](CCCC)C(=O)N[C@@H](CC(=O)O)C(=O)N[C@H](C(=O)NCC(N)=O)CSCC(=O)N[C@H](Cc2ccc(O)cc2)C(=O)N2CCCCC2C(=O)N[C@@H](CC(=O)O)C(=O)N2CCC[C@H]2C(=O)N[C@@H](Cc2c[nH]cn2)C(=O)N[C@@H](CCCN)C(=O)N2C[C@H](O)C[C@H]2C(=O)N[C@@H](Cc2c[nH]c3ccccc23)C(=O)N[C@@H](CCCN)C(=O)N[C@@H](Cc2csc3ccccc23)C(=O)N1C. The molecule has 742 valence electrons. The number of carboxylic acid groups (broad SMARTS) is 2. The number of carboxylic acids is 2. The van der Waals surface area contributed by atoms with Gasteiger partial charge in [0.1, 0.15) is 90.3 Å². The number of hydrogen-bond donors (Lipinski definition) is 19. The fourth-order valence-electron chi connectivity index (χ4n) is 17.5. The van der Waals surface area contributed by atoms with Crippen LogP contribution < -0.4 is 70.4 Å². The Morgan fingerprint density at radius 1 is 0.511 bits per heavy atom. The highest BCUT2D eigenvalue weighted by atomic mass is 32.2. The van der Waals surface area contributed by atoms with E-state index in [-0.39, 0.29) is 128 Å². The second-order valence-corrected chi connectivity index (χ2v) is 36.8. The molecule has 0 bridgehead atoms. The van der Waals surface area contributed by atoms with Crippen LogP contribution in [-0.4, -0.2) is 322 Å². The molecule has 0 aliphatic carbocycles. The van der Waals surface area contributed by atoms with Crippen molar-refractivity contribution in [3.8, 4) is 5.75 Å². The number of carbonyl (C=O) groups excluding carboxylic acids is 16. The first kappa shape index (κ1) is 106. The Balaban J connectivity index is 1.03. The summed E-state index contributed by atoms with van der Waals surface area (Å²) in [5.41, 5.74) is 20.0. The Bertz CT molecular complexity index is 5290. The van der Waals surface area contributed by atoms with E-state index in [4.69, 9.17) is 17.2 Å². The zero-order valence-corrected chi connectivity index (χ0v) is 78.6. The van der Waals surface area contributed by atoms with Crippen molar-refractivity contribution < 1.29 is 107 Å². The van der Waals surface area contributed by atoms with Crippen LogP contribution in [0.3, 0.4) is 0 Å². The number of aromatic amines is 2. The topological polar surface area (TPSA) is 647 Å². The summed E-state index contributed by atoms with van der Waals surface area (Å²) in [4.78, 5) is 280. The molecule has 0 saturated carbocycles. The van der Waals surface area contributed by atoms with Gasteiger partial charge in [0.15, 0.2) is 0 Å². The van der Waals surface area contributed by atoms with Crippen molar-refractivity contribution in [1.29, 1.82) is 0 Å². The van der Waals surface area contributed by atoms with Gasteiger partial charge in [-0.1, -0.05) is 88.1 Å². The molecule has 22 N–H and O–H groups in total. The van der Waals surface area contributed by atoms with Crippen molar-refractivity contribution >= 4 is 151 Å². The van der Waals surface area contributed by atoms with E-state index in [0.29, 0.717) is 71.5 Å². The highest BCUT2D eigenvalue weighted by Crippen LogP contribution is 2.31. The molecule has 16 amide bonds. The number of primary amides is 1. The highest BCUT2D eigenvalue weighted by Gasteiger charge is 2.48. The number of imidazole rings is 1. The number of aliphatic carboxylic acids is 2. The quantitative estimate of drug-likeness (QED) is 0.0282. The number of H-pyrrole nitrogens is 2. The molecule has 4 aliphatic heterocycles. The number of aromatic hydroxyl groups is 1. The van der Waals surface area contributed by atoms with Gasteiger partial charge in [-0.15, -0.1) is 23.1 Å². The molecule has 3 aromatic carbocycles. The van der Waals surface area contributed by atoms with Gasteiger partial charge in [-0.3, -0.25) is 86.3 Å². The van der Waals surface area contributed by atoms with Crippen molar-refractivity contribution in [3.63, 3.8) is 0 Å². The van der Waals surface area contributed by atoms with Crippen LogP contribution in [0, 0.1) is 0 Å². The molecule has 137 heavy (non-hydrogen) atoms. The summed E-state index contributed by atoms with van der Waals surface area (Å²) >= 11 is 2.06. The van der Waals surface area contributed by atoms with Crippen LogP contribution in [-0.2, 0) is 112 Å². The van der Waals surface area contributed by atoms with E-state index in [1.165, 1.54) is 62.2 Å². The maximum atomic E-state index is 15.9. The zero-order chi connectivity index (χ0) is 99.3. The maximum absolute atomic E-state index is 15.9. The number of piperidine rings is 1. The van der Waals surface area contributed by atoms with E-state index in [1.54, 1.807) is 48.8 Å². The number of thiophene rings is 1. The fourth-order valence-corrected chi connectivity index (χ4v) is 19.4. The van der Waals surface area contributed by atoms with Gasteiger partial charge in [0.2, 0.25) is 94.5 Å². The van der Waals surface area contributed by atoms with Crippen molar-refractivity contribution in [2.45, 2.75) is 246 Å². The first-order valence-electron chi connectivity index (χ1n) is 46.2. The lowest BCUT2D eigenvalue weighted by Crippen LogP contribution is -2.61. The zero-order valence-electron chi connectivity index (χ0n) is 77.0. The van der Waals surface area contributed by atoms with Crippen molar-refractivity contribution in [2.24, 2.45) is 17.2 Å². The number of amides is 16. The Kier molecular flexibility index (Phi) is 39.5. The lowest BCUT2D eigenvalue weighted by atomic mass is 9.97. The summed E-state index contributed by atoms with van der Waals surface area (Å²) in [5, 5.41) is 72.0. The molecular weight excluding hydrogens is 1820 g/mol. The molecule has 4 saturated heterocycles. The monoisotopic (exact) mass is 1940 g/mol. The number of thioether (sulfide) groups is 1. The van der Waals surface area contributed by atoms with E-state index >= 15 is 47.9 Å². The predicted octanol–water partition coefficient (Wildman–Crippen LogP) is -1.41. The van der Waals surface area contributed by atoms with Crippen LogP contribution in [0.25, 0.3) is 21.0 Å². The third-order valence-corrected chi connectivity index (χ3v) is 26.9. The number of likely N-dealkylation sites (N-methyl/N-ethyl adjacent to an activating group) is 2. The van der Waals surface area contributed by atoms with E-state index in [9.17, 15) is 58.8 Å². The molecule has 4 aliphatic rings. The number of carbonyl (C=O) groups is 18. The third kappa shape index (κ3) is 29.2. The number of aliphatic hydroxyl groups excluding tert-OH is 1. The minimum Gasteiger partial charge on any atom is -0.508 e. The molecule has 7 heterocycles. The van der Waals surface area contributed by atoms with Crippen molar-refractivity contribution in [2.75, 3.05) is 64.9 Å². The van der Waals surface area contributed by atoms with Crippen LogP contribution in [0.5, 0.6) is 5.75 Å². The number of nitrogens with two attached hydrogens (primary N) is 3. The number of nitrogens with zero attached hydrogens (tertiary/aromatic N) is 6. The number of rotatable bonds is 27.